The van der Waals surface area contributed by atoms with Crippen molar-refractivity contribution in [1.29, 1.82) is 5.26 Å². The van der Waals surface area contributed by atoms with E-state index in [0.29, 0.717) is 12.2 Å². The third-order valence-corrected chi connectivity index (χ3v) is 6.53. The first kappa shape index (κ1) is 21.9. The van der Waals surface area contributed by atoms with Crippen molar-refractivity contribution in [3.05, 3.63) is 64.7 Å². The lowest BCUT2D eigenvalue weighted by molar-refractivity contribution is 0.238. The van der Waals surface area contributed by atoms with Gasteiger partial charge in [0.2, 0.25) is 0 Å². The van der Waals surface area contributed by atoms with Crippen molar-refractivity contribution in [3.8, 4) is 34.2 Å². The Morgan fingerprint density at radius 3 is 2.41 bits per heavy atom. The number of aryl methyl sites for hydroxylation is 1. The van der Waals surface area contributed by atoms with Crippen LogP contribution in [0.2, 0.25) is 0 Å². The second-order valence-corrected chi connectivity index (χ2v) is 8.53. The van der Waals surface area contributed by atoms with Gasteiger partial charge in [0.1, 0.15) is 29.8 Å². The average Bonchev–Trinajstić information content (AvgIpc) is 3.31. The highest BCUT2D eigenvalue weighted by Crippen LogP contribution is 2.34. The van der Waals surface area contributed by atoms with E-state index in [4.69, 9.17) is 10.5 Å². The number of rotatable bonds is 6. The first-order valence-electron chi connectivity index (χ1n) is 11.2. The van der Waals surface area contributed by atoms with Gasteiger partial charge in [-0.05, 0) is 87.2 Å². The summed E-state index contributed by atoms with van der Waals surface area (Å²) in [5.74, 6) is 1.09. The van der Waals surface area contributed by atoms with Crippen LogP contribution in [0.3, 0.4) is 0 Å². The molecule has 1 saturated heterocycles. The van der Waals surface area contributed by atoms with Gasteiger partial charge in [0, 0.05) is 17.7 Å². The van der Waals surface area contributed by atoms with Crippen LogP contribution in [0.1, 0.15) is 35.1 Å². The summed E-state index contributed by atoms with van der Waals surface area (Å²) in [5, 5.41) is 9.73. The predicted octanol–water partition coefficient (Wildman–Crippen LogP) is 5.27. The zero-order valence-electron chi connectivity index (χ0n) is 19.1. The maximum Gasteiger partial charge on any atom is 0.142 e. The maximum absolute atomic E-state index is 9.73. The number of nitrogens with two attached hydrogens (primary N) is 1. The van der Waals surface area contributed by atoms with E-state index in [1.165, 1.54) is 42.6 Å². The van der Waals surface area contributed by atoms with E-state index >= 15 is 0 Å². The van der Waals surface area contributed by atoms with Gasteiger partial charge in [-0.1, -0.05) is 24.3 Å². The molecule has 0 spiro atoms. The van der Waals surface area contributed by atoms with E-state index in [9.17, 15) is 5.26 Å². The highest BCUT2D eigenvalue weighted by molar-refractivity contribution is 5.81. The molecular formula is C27H30N4O. The van der Waals surface area contributed by atoms with Gasteiger partial charge in [-0.2, -0.15) is 5.26 Å². The molecule has 0 atom stereocenters. The van der Waals surface area contributed by atoms with Crippen molar-refractivity contribution in [2.24, 2.45) is 0 Å². The summed E-state index contributed by atoms with van der Waals surface area (Å²) >= 11 is 0. The molecule has 0 saturated carbocycles. The Bertz CT molecular complexity index is 1160. The lowest BCUT2D eigenvalue weighted by Crippen LogP contribution is -2.25. The van der Waals surface area contributed by atoms with Crippen LogP contribution in [0.4, 0.5) is 5.82 Å². The molecule has 1 aliphatic heterocycles. The minimum absolute atomic E-state index is 0.253. The molecule has 32 heavy (non-hydrogen) atoms. The molecule has 164 valence electrons. The molecule has 0 aliphatic carbocycles. The Morgan fingerprint density at radius 1 is 1.00 bits per heavy atom. The van der Waals surface area contributed by atoms with Crippen LogP contribution in [-0.2, 0) is 0 Å². The molecule has 0 unspecified atom stereocenters. The summed E-state index contributed by atoms with van der Waals surface area (Å²) in [6.07, 6.45) is 2.57. The Hall–Kier alpha value is -3.36. The molecular weight excluding hydrogens is 396 g/mol. The smallest absolute Gasteiger partial charge is 0.142 e. The first-order valence-corrected chi connectivity index (χ1v) is 11.2. The molecule has 5 heteroatoms. The summed E-state index contributed by atoms with van der Waals surface area (Å²) in [4.78, 5) is 6.99. The third kappa shape index (κ3) is 4.46. The second kappa shape index (κ2) is 9.42. The van der Waals surface area contributed by atoms with E-state index in [-0.39, 0.29) is 5.82 Å². The Balaban J connectivity index is 1.61. The number of pyridine rings is 1. The molecule has 1 aromatic heterocycles. The molecule has 2 aromatic carbocycles. The zero-order chi connectivity index (χ0) is 22.7. The largest absolute Gasteiger partial charge is 0.492 e. The van der Waals surface area contributed by atoms with E-state index < -0.39 is 0 Å². The predicted molar refractivity (Wildman–Crippen MR) is 130 cm³/mol. The molecule has 0 bridgehead atoms. The van der Waals surface area contributed by atoms with Gasteiger partial charge in [-0.15, -0.1) is 0 Å². The highest BCUT2D eigenvalue weighted by atomic mass is 16.5. The number of likely N-dealkylation sites (tertiary alicyclic amines) is 1. The summed E-state index contributed by atoms with van der Waals surface area (Å²) < 4.78 is 5.93. The SMILES string of the molecule is Cc1ccc(-c2cc(-c3ccc(OCCN4CCCC4)cc3)c(C#N)c(N)n2)c(C)c1C. The van der Waals surface area contributed by atoms with Crippen LogP contribution < -0.4 is 10.5 Å². The fourth-order valence-corrected chi connectivity index (χ4v) is 4.31. The monoisotopic (exact) mass is 426 g/mol. The van der Waals surface area contributed by atoms with Gasteiger partial charge in [-0.3, -0.25) is 4.90 Å². The quantitative estimate of drug-likeness (QED) is 0.581. The van der Waals surface area contributed by atoms with Crippen LogP contribution in [0, 0.1) is 32.1 Å². The number of benzene rings is 2. The van der Waals surface area contributed by atoms with Crippen molar-refractivity contribution in [1.82, 2.24) is 9.88 Å². The number of hydrogen-bond acceptors (Lipinski definition) is 5. The molecule has 2 N–H and O–H groups in total. The number of ether oxygens (including phenoxy) is 1. The van der Waals surface area contributed by atoms with Gasteiger partial charge < -0.3 is 10.5 Å². The van der Waals surface area contributed by atoms with Crippen molar-refractivity contribution >= 4 is 5.82 Å². The lowest BCUT2D eigenvalue weighted by Gasteiger charge is -2.16. The van der Waals surface area contributed by atoms with Crippen LogP contribution in [0.5, 0.6) is 5.75 Å². The van der Waals surface area contributed by atoms with E-state index in [2.05, 4.69) is 48.9 Å². The number of nitrogens with zero attached hydrogens (tertiary/aromatic N) is 3. The van der Waals surface area contributed by atoms with Gasteiger partial charge in [-0.25, -0.2) is 4.98 Å². The van der Waals surface area contributed by atoms with Gasteiger partial charge >= 0.3 is 0 Å². The first-order chi connectivity index (χ1) is 15.5. The Kier molecular flexibility index (Phi) is 6.43. The Labute approximate surface area is 190 Å². The molecule has 0 radical (unpaired) electrons. The molecule has 1 fully saturated rings. The minimum Gasteiger partial charge on any atom is -0.492 e. The number of aromatic nitrogens is 1. The Morgan fingerprint density at radius 2 is 1.72 bits per heavy atom. The van der Waals surface area contributed by atoms with Crippen molar-refractivity contribution in [2.45, 2.75) is 33.6 Å². The molecule has 3 aromatic rings. The molecule has 1 aliphatic rings. The summed E-state index contributed by atoms with van der Waals surface area (Å²) in [6, 6.07) is 16.3. The second-order valence-electron chi connectivity index (χ2n) is 8.53. The fraction of sp³-hybridized carbons (Fsp3) is 0.333. The van der Waals surface area contributed by atoms with Crippen LogP contribution in [0.15, 0.2) is 42.5 Å². The van der Waals surface area contributed by atoms with E-state index in [1.807, 2.05) is 30.3 Å². The van der Waals surface area contributed by atoms with Crippen molar-refractivity contribution < 1.29 is 4.74 Å². The molecule has 4 rings (SSSR count). The third-order valence-electron chi connectivity index (χ3n) is 6.53. The van der Waals surface area contributed by atoms with Crippen LogP contribution >= 0.6 is 0 Å². The van der Waals surface area contributed by atoms with Gasteiger partial charge in [0.25, 0.3) is 0 Å². The molecule has 2 heterocycles. The number of nitriles is 1. The van der Waals surface area contributed by atoms with E-state index in [1.54, 1.807) is 0 Å². The summed E-state index contributed by atoms with van der Waals surface area (Å²) in [7, 11) is 0. The highest BCUT2D eigenvalue weighted by Gasteiger charge is 2.16. The number of nitrogen functional groups attached to an aromatic ring is 1. The summed E-state index contributed by atoms with van der Waals surface area (Å²) in [6.45, 7) is 10.3. The topological polar surface area (TPSA) is 75.2 Å². The minimum atomic E-state index is 0.253. The lowest BCUT2D eigenvalue weighted by atomic mass is 9.94. The number of hydrogen-bond donors (Lipinski definition) is 1. The van der Waals surface area contributed by atoms with Gasteiger partial charge in [0.15, 0.2) is 0 Å². The van der Waals surface area contributed by atoms with Gasteiger partial charge in [0.05, 0.1) is 5.69 Å². The standard InChI is InChI=1S/C27H30N4O/c1-18-6-11-23(20(3)19(18)2)26-16-24(25(17-28)27(29)30-26)21-7-9-22(10-8-21)32-15-14-31-12-4-5-13-31/h6-11,16H,4-5,12-15H2,1-3H3,(H2,29,30). The average molecular weight is 427 g/mol. The van der Waals surface area contributed by atoms with Crippen molar-refractivity contribution in [2.75, 3.05) is 32.0 Å². The number of anilines is 1. The van der Waals surface area contributed by atoms with Crippen LogP contribution in [0.25, 0.3) is 22.4 Å². The van der Waals surface area contributed by atoms with Crippen molar-refractivity contribution in [3.63, 3.8) is 0 Å². The van der Waals surface area contributed by atoms with Crippen LogP contribution in [-0.4, -0.2) is 36.1 Å². The normalized spacial score (nSPS) is 13.8. The molecule has 5 nitrogen and oxygen atoms in total. The maximum atomic E-state index is 9.73. The van der Waals surface area contributed by atoms with E-state index in [0.717, 1.165) is 34.7 Å². The zero-order valence-corrected chi connectivity index (χ0v) is 19.1. The summed E-state index contributed by atoms with van der Waals surface area (Å²) in [5.41, 5.74) is 13.8. The molecule has 0 amide bonds. The fourth-order valence-electron chi connectivity index (χ4n) is 4.31.